The molecule has 154 valence electrons. The average Bonchev–Trinajstić information content (AvgIpc) is 2.75. The predicted octanol–water partition coefficient (Wildman–Crippen LogP) is 1.84. The molecular weight excluding hydrogens is 354 g/mol. The van der Waals surface area contributed by atoms with E-state index in [1.807, 2.05) is 12.1 Å². The highest BCUT2D eigenvalue weighted by atomic mass is 16.5. The summed E-state index contributed by atoms with van der Waals surface area (Å²) < 4.78 is 5.33. The molecule has 0 spiro atoms. The molecule has 1 saturated carbocycles. The second kappa shape index (κ2) is 10.2. The normalized spacial score (nSPS) is 18.7. The van der Waals surface area contributed by atoms with Gasteiger partial charge in [-0.1, -0.05) is 25.3 Å². The van der Waals surface area contributed by atoms with Crippen molar-refractivity contribution in [1.82, 2.24) is 15.5 Å². The van der Waals surface area contributed by atoms with Crippen LogP contribution in [0.5, 0.6) is 5.75 Å². The molecule has 1 aliphatic carbocycles. The number of methoxy groups -OCH3 is 1. The first-order valence-electron chi connectivity index (χ1n) is 10.3. The van der Waals surface area contributed by atoms with Crippen molar-refractivity contribution >= 4 is 17.6 Å². The number of anilines is 1. The van der Waals surface area contributed by atoms with Gasteiger partial charge in [0.1, 0.15) is 5.75 Å². The zero-order valence-corrected chi connectivity index (χ0v) is 17.1. The van der Waals surface area contributed by atoms with Crippen LogP contribution < -0.4 is 20.3 Å². The van der Waals surface area contributed by atoms with E-state index in [0.29, 0.717) is 6.04 Å². The minimum atomic E-state index is 0.0584. The van der Waals surface area contributed by atoms with Gasteiger partial charge in [-0.25, -0.2) is 0 Å². The lowest BCUT2D eigenvalue weighted by Gasteiger charge is -2.37. The van der Waals surface area contributed by atoms with Crippen LogP contribution in [0.1, 0.15) is 32.1 Å². The number of benzene rings is 1. The first kappa shape index (κ1) is 20.3. The molecule has 3 rings (SSSR count). The largest absolute Gasteiger partial charge is 0.497 e. The quantitative estimate of drug-likeness (QED) is 0.596. The Balaban J connectivity index is 1.44. The predicted molar refractivity (Wildman–Crippen MR) is 113 cm³/mol. The maximum atomic E-state index is 12.2. The Hall–Kier alpha value is -2.44. The Bertz CT molecular complexity index is 665. The Morgan fingerprint density at radius 3 is 2.61 bits per heavy atom. The summed E-state index contributed by atoms with van der Waals surface area (Å²) in [7, 11) is 3.47. The number of hydrogen-bond donors (Lipinski definition) is 2. The van der Waals surface area contributed by atoms with Crippen LogP contribution in [-0.4, -0.2) is 69.7 Å². The van der Waals surface area contributed by atoms with E-state index >= 15 is 0 Å². The fourth-order valence-corrected chi connectivity index (χ4v) is 4.00. The number of amides is 1. The molecule has 1 amide bonds. The van der Waals surface area contributed by atoms with Crippen molar-refractivity contribution < 1.29 is 9.53 Å². The molecule has 2 aliphatic rings. The van der Waals surface area contributed by atoms with Gasteiger partial charge in [0.15, 0.2) is 5.96 Å². The van der Waals surface area contributed by atoms with Gasteiger partial charge in [0, 0.05) is 51.0 Å². The summed E-state index contributed by atoms with van der Waals surface area (Å²) in [5.41, 5.74) is 1.17. The van der Waals surface area contributed by atoms with Crippen molar-refractivity contribution in [3.05, 3.63) is 24.3 Å². The average molecular weight is 388 g/mol. The van der Waals surface area contributed by atoms with Crippen LogP contribution in [0, 0.1) is 0 Å². The zero-order chi connectivity index (χ0) is 19.8. The van der Waals surface area contributed by atoms with E-state index in [0.717, 1.165) is 50.7 Å². The zero-order valence-electron chi connectivity index (χ0n) is 17.1. The van der Waals surface area contributed by atoms with Crippen molar-refractivity contribution in [2.45, 2.75) is 38.1 Å². The monoisotopic (exact) mass is 387 g/mol. The lowest BCUT2D eigenvalue weighted by atomic mass is 9.95. The standard InChI is InChI=1S/C21H33N5O2/c1-22-21(23-16-20(27)24-17-7-4-3-5-8-17)26-13-11-25(12-14-26)18-9-6-10-19(15-18)28-2/h6,9-10,15,17H,3-5,7-8,11-14,16H2,1-2H3,(H,22,23)(H,24,27). The number of piperazine rings is 1. The molecule has 0 atom stereocenters. The van der Waals surface area contributed by atoms with Crippen LogP contribution in [0.25, 0.3) is 0 Å². The van der Waals surface area contributed by atoms with Crippen LogP contribution in [0.2, 0.25) is 0 Å². The lowest BCUT2D eigenvalue weighted by molar-refractivity contribution is -0.120. The van der Waals surface area contributed by atoms with Gasteiger partial charge in [-0.05, 0) is 25.0 Å². The summed E-state index contributed by atoms with van der Waals surface area (Å²) in [6, 6.07) is 8.51. The number of ether oxygens (including phenoxy) is 1. The van der Waals surface area contributed by atoms with Crippen molar-refractivity contribution in [1.29, 1.82) is 0 Å². The molecule has 28 heavy (non-hydrogen) atoms. The Morgan fingerprint density at radius 2 is 1.93 bits per heavy atom. The fraction of sp³-hybridized carbons (Fsp3) is 0.619. The van der Waals surface area contributed by atoms with Crippen molar-refractivity contribution in [2.75, 3.05) is 51.8 Å². The van der Waals surface area contributed by atoms with Gasteiger partial charge >= 0.3 is 0 Å². The Labute approximate surface area is 168 Å². The summed E-state index contributed by atoms with van der Waals surface area (Å²) in [4.78, 5) is 21.2. The maximum absolute atomic E-state index is 12.2. The molecule has 0 aromatic heterocycles. The van der Waals surface area contributed by atoms with E-state index in [1.54, 1.807) is 14.2 Å². The van der Waals surface area contributed by atoms with Crippen LogP contribution in [0.15, 0.2) is 29.3 Å². The Morgan fingerprint density at radius 1 is 1.18 bits per heavy atom. The molecule has 1 aromatic rings. The lowest BCUT2D eigenvalue weighted by Crippen LogP contribution is -2.54. The second-order valence-electron chi connectivity index (χ2n) is 7.48. The third-order valence-corrected chi connectivity index (χ3v) is 5.59. The Kier molecular flexibility index (Phi) is 7.39. The first-order chi connectivity index (χ1) is 13.7. The number of nitrogens with zero attached hydrogens (tertiary/aromatic N) is 3. The van der Waals surface area contributed by atoms with E-state index in [-0.39, 0.29) is 12.5 Å². The summed E-state index contributed by atoms with van der Waals surface area (Å²) in [5, 5.41) is 6.37. The van der Waals surface area contributed by atoms with Crippen LogP contribution in [-0.2, 0) is 4.79 Å². The number of nitrogens with one attached hydrogen (secondary N) is 2. The highest BCUT2D eigenvalue weighted by molar-refractivity contribution is 5.86. The molecule has 0 bridgehead atoms. The molecule has 1 heterocycles. The van der Waals surface area contributed by atoms with E-state index in [9.17, 15) is 4.79 Å². The van der Waals surface area contributed by atoms with Crippen molar-refractivity contribution in [3.8, 4) is 5.75 Å². The van der Waals surface area contributed by atoms with Gasteiger partial charge in [-0.3, -0.25) is 9.79 Å². The summed E-state index contributed by atoms with van der Waals surface area (Å²) >= 11 is 0. The molecule has 1 aliphatic heterocycles. The molecule has 2 fully saturated rings. The molecule has 2 N–H and O–H groups in total. The number of carbonyl (C=O) groups excluding carboxylic acids is 1. The fourth-order valence-electron chi connectivity index (χ4n) is 4.00. The van der Waals surface area contributed by atoms with E-state index < -0.39 is 0 Å². The highest BCUT2D eigenvalue weighted by Crippen LogP contribution is 2.22. The van der Waals surface area contributed by atoms with Gasteiger partial charge in [0.25, 0.3) is 0 Å². The summed E-state index contributed by atoms with van der Waals surface area (Å²) in [5.74, 6) is 1.73. The highest BCUT2D eigenvalue weighted by Gasteiger charge is 2.21. The van der Waals surface area contributed by atoms with E-state index in [2.05, 4.69) is 37.6 Å². The first-order valence-corrected chi connectivity index (χ1v) is 10.3. The molecular formula is C21H33N5O2. The summed E-state index contributed by atoms with van der Waals surface area (Å²) in [6.45, 7) is 3.81. The molecule has 7 heteroatoms. The van der Waals surface area contributed by atoms with E-state index in [4.69, 9.17) is 4.74 Å². The van der Waals surface area contributed by atoms with Gasteiger partial charge < -0.3 is 25.2 Å². The smallest absolute Gasteiger partial charge is 0.239 e. The third-order valence-electron chi connectivity index (χ3n) is 5.59. The number of guanidine groups is 1. The van der Waals surface area contributed by atoms with Crippen LogP contribution in [0.3, 0.4) is 0 Å². The van der Waals surface area contributed by atoms with Crippen molar-refractivity contribution in [2.24, 2.45) is 4.99 Å². The molecule has 0 radical (unpaired) electrons. The number of rotatable bonds is 5. The number of carbonyl (C=O) groups is 1. The second-order valence-corrected chi connectivity index (χ2v) is 7.48. The minimum Gasteiger partial charge on any atom is -0.497 e. The topological polar surface area (TPSA) is 69.2 Å². The SMILES string of the molecule is CN=C(NCC(=O)NC1CCCCC1)N1CCN(c2cccc(OC)c2)CC1. The van der Waals surface area contributed by atoms with Gasteiger partial charge in [-0.15, -0.1) is 0 Å². The van der Waals surface area contributed by atoms with Crippen molar-refractivity contribution in [3.63, 3.8) is 0 Å². The third kappa shape index (κ3) is 5.53. The van der Waals surface area contributed by atoms with Gasteiger partial charge in [0.2, 0.25) is 5.91 Å². The molecule has 1 aromatic carbocycles. The van der Waals surface area contributed by atoms with Gasteiger partial charge in [0.05, 0.1) is 13.7 Å². The number of hydrogen-bond acceptors (Lipinski definition) is 4. The molecule has 7 nitrogen and oxygen atoms in total. The molecule has 0 unspecified atom stereocenters. The maximum Gasteiger partial charge on any atom is 0.239 e. The van der Waals surface area contributed by atoms with Crippen LogP contribution >= 0.6 is 0 Å². The van der Waals surface area contributed by atoms with Crippen LogP contribution in [0.4, 0.5) is 5.69 Å². The summed E-state index contributed by atoms with van der Waals surface area (Å²) in [6.07, 6.45) is 5.94. The number of aliphatic imine (C=N–C) groups is 1. The van der Waals surface area contributed by atoms with Gasteiger partial charge in [-0.2, -0.15) is 0 Å². The minimum absolute atomic E-state index is 0.0584. The van der Waals surface area contributed by atoms with E-state index in [1.165, 1.54) is 24.9 Å². The molecule has 1 saturated heterocycles.